The first-order chi connectivity index (χ1) is 15.9. The molecule has 0 aliphatic carbocycles. The monoisotopic (exact) mass is 484 g/mol. The van der Waals surface area contributed by atoms with Crippen molar-refractivity contribution in [2.45, 2.75) is 25.3 Å². The summed E-state index contributed by atoms with van der Waals surface area (Å²) in [5, 5.41) is 2.42. The molecule has 1 atom stereocenters. The Hall–Kier alpha value is -2.70. The predicted octanol–water partition coefficient (Wildman–Crippen LogP) is 5.78. The molecule has 1 aliphatic heterocycles. The lowest BCUT2D eigenvalue weighted by Gasteiger charge is -2.40. The van der Waals surface area contributed by atoms with Gasteiger partial charge in [0.15, 0.2) is 0 Å². The highest BCUT2D eigenvalue weighted by Crippen LogP contribution is 2.29. The van der Waals surface area contributed by atoms with E-state index in [1.165, 1.54) is 17.4 Å². The van der Waals surface area contributed by atoms with Crippen molar-refractivity contribution in [1.29, 1.82) is 0 Å². The van der Waals surface area contributed by atoms with Gasteiger partial charge < -0.3 is 9.80 Å². The van der Waals surface area contributed by atoms with Gasteiger partial charge in [-0.05, 0) is 66.5 Å². The molecule has 2 heterocycles. The molecule has 4 rings (SSSR count). The van der Waals surface area contributed by atoms with E-state index in [1.54, 1.807) is 48.3 Å². The molecule has 172 valence electrons. The van der Waals surface area contributed by atoms with E-state index in [9.17, 15) is 14.0 Å². The summed E-state index contributed by atoms with van der Waals surface area (Å²) in [6.45, 7) is 1.18. The molecule has 33 heavy (non-hydrogen) atoms. The maximum Gasteiger partial charge on any atom is 0.263 e. The summed E-state index contributed by atoms with van der Waals surface area (Å²) >= 11 is 7.46. The van der Waals surface area contributed by atoms with Gasteiger partial charge in [-0.1, -0.05) is 41.9 Å². The smallest absolute Gasteiger partial charge is 0.263 e. The maximum atomic E-state index is 14.5. The first-order valence-electron chi connectivity index (χ1n) is 11.0. The number of carbonyl (C=O) groups excluding carboxylic acids is 2. The van der Waals surface area contributed by atoms with Gasteiger partial charge >= 0.3 is 0 Å². The Morgan fingerprint density at radius 1 is 1.12 bits per heavy atom. The van der Waals surface area contributed by atoms with Gasteiger partial charge in [-0.3, -0.25) is 9.59 Å². The van der Waals surface area contributed by atoms with Gasteiger partial charge in [0.25, 0.3) is 11.8 Å². The number of carbonyl (C=O) groups is 2. The number of likely N-dealkylation sites (tertiary alicyclic amines) is 1. The number of likely N-dealkylation sites (N-methyl/N-ethyl adjacent to an activating group) is 1. The molecular formula is C26H26ClFN2O2S. The molecule has 0 bridgehead atoms. The number of nitrogens with zero attached hydrogens (tertiary/aromatic N) is 2. The maximum absolute atomic E-state index is 14.5. The number of rotatable bonds is 6. The van der Waals surface area contributed by atoms with Crippen LogP contribution in [0.2, 0.25) is 5.02 Å². The lowest BCUT2D eigenvalue weighted by Crippen LogP contribution is -2.48. The van der Waals surface area contributed by atoms with E-state index >= 15 is 0 Å². The van der Waals surface area contributed by atoms with E-state index in [1.807, 2.05) is 28.5 Å². The van der Waals surface area contributed by atoms with Gasteiger partial charge in [0.05, 0.1) is 4.88 Å². The van der Waals surface area contributed by atoms with Crippen LogP contribution in [0, 0.1) is 11.7 Å². The fraction of sp³-hybridized carbons (Fsp3) is 0.308. The molecule has 1 aliphatic rings. The van der Waals surface area contributed by atoms with Crippen LogP contribution in [0.15, 0.2) is 66.0 Å². The number of amides is 2. The van der Waals surface area contributed by atoms with Crippen LogP contribution in [-0.2, 0) is 6.42 Å². The van der Waals surface area contributed by atoms with Crippen molar-refractivity contribution in [3.63, 3.8) is 0 Å². The van der Waals surface area contributed by atoms with Crippen LogP contribution in [0.25, 0.3) is 0 Å². The van der Waals surface area contributed by atoms with Gasteiger partial charge in [0, 0.05) is 36.8 Å². The average molecular weight is 485 g/mol. The number of thiophene rings is 1. The van der Waals surface area contributed by atoms with Crippen LogP contribution in [0.1, 0.15) is 38.4 Å². The fourth-order valence-corrected chi connectivity index (χ4v) is 5.42. The molecule has 1 fully saturated rings. The molecule has 1 saturated heterocycles. The Morgan fingerprint density at radius 2 is 1.88 bits per heavy atom. The summed E-state index contributed by atoms with van der Waals surface area (Å²) in [5.74, 6) is -0.191. The topological polar surface area (TPSA) is 40.6 Å². The highest BCUT2D eigenvalue weighted by molar-refractivity contribution is 7.12. The number of benzene rings is 2. The van der Waals surface area contributed by atoms with Crippen LogP contribution in [-0.4, -0.2) is 47.8 Å². The third-order valence-corrected chi connectivity index (χ3v) is 7.47. The van der Waals surface area contributed by atoms with Crippen molar-refractivity contribution in [3.8, 4) is 0 Å². The quantitative estimate of drug-likeness (QED) is 0.445. The second-order valence-electron chi connectivity index (χ2n) is 8.40. The van der Waals surface area contributed by atoms with E-state index in [-0.39, 0.29) is 29.6 Å². The second kappa shape index (κ2) is 10.5. The number of piperidine rings is 1. The van der Waals surface area contributed by atoms with E-state index < -0.39 is 0 Å². The summed E-state index contributed by atoms with van der Waals surface area (Å²) < 4.78 is 14.5. The van der Waals surface area contributed by atoms with Gasteiger partial charge in [-0.15, -0.1) is 11.3 Å². The molecule has 1 aromatic heterocycles. The van der Waals surface area contributed by atoms with Crippen molar-refractivity contribution in [3.05, 3.63) is 92.9 Å². The summed E-state index contributed by atoms with van der Waals surface area (Å²) in [7, 11) is 1.80. The third-order valence-electron chi connectivity index (χ3n) is 6.38. The molecule has 0 saturated carbocycles. The lowest BCUT2D eigenvalue weighted by atomic mass is 9.84. The minimum atomic E-state index is -0.256. The van der Waals surface area contributed by atoms with E-state index in [4.69, 9.17) is 11.6 Å². The average Bonchev–Trinajstić information content (AvgIpc) is 3.37. The molecule has 4 nitrogen and oxygen atoms in total. The van der Waals surface area contributed by atoms with Crippen molar-refractivity contribution < 1.29 is 14.0 Å². The van der Waals surface area contributed by atoms with Crippen molar-refractivity contribution >= 4 is 34.8 Å². The summed E-state index contributed by atoms with van der Waals surface area (Å²) in [6.07, 6.45) is 1.92. The Bertz CT molecular complexity index is 1110. The third kappa shape index (κ3) is 5.45. The van der Waals surface area contributed by atoms with Crippen molar-refractivity contribution in [1.82, 2.24) is 9.80 Å². The molecule has 0 unspecified atom stereocenters. The molecule has 2 aromatic carbocycles. The minimum Gasteiger partial charge on any atom is -0.339 e. The molecule has 3 aromatic rings. The van der Waals surface area contributed by atoms with E-state index in [0.29, 0.717) is 40.5 Å². The lowest BCUT2D eigenvalue weighted by molar-refractivity contribution is 0.0524. The van der Waals surface area contributed by atoms with Gasteiger partial charge in [-0.25, -0.2) is 4.39 Å². The SMILES string of the molecule is CN(C(=O)c1cccs1)[C@H](Cc1ccccc1F)C1CCN(C(=O)c2cccc(Cl)c2)CC1. The Morgan fingerprint density at radius 3 is 2.55 bits per heavy atom. The Labute approximate surface area is 202 Å². The van der Waals surface area contributed by atoms with Crippen molar-refractivity contribution in [2.24, 2.45) is 5.92 Å². The number of halogens is 2. The van der Waals surface area contributed by atoms with Crippen molar-refractivity contribution in [2.75, 3.05) is 20.1 Å². The summed E-state index contributed by atoms with van der Waals surface area (Å²) in [6, 6.07) is 17.2. The molecule has 2 amide bonds. The normalized spacial score (nSPS) is 15.3. The zero-order valence-electron chi connectivity index (χ0n) is 18.4. The van der Waals surface area contributed by atoms with Crippen LogP contribution < -0.4 is 0 Å². The second-order valence-corrected chi connectivity index (χ2v) is 9.78. The zero-order chi connectivity index (χ0) is 23.4. The van der Waals surface area contributed by atoms with Crippen LogP contribution >= 0.6 is 22.9 Å². The standard InChI is InChI=1S/C26H26ClFN2O2S/c1-29(26(32)24-10-5-15-33-24)23(17-19-6-2-3-9-22(19)28)18-11-13-30(14-12-18)25(31)20-7-4-8-21(27)16-20/h2-10,15-16,18,23H,11-14,17H2,1H3/t23-/m1/s1. The zero-order valence-corrected chi connectivity index (χ0v) is 20.0. The molecule has 0 spiro atoms. The van der Waals surface area contributed by atoms with Gasteiger partial charge in [-0.2, -0.15) is 0 Å². The van der Waals surface area contributed by atoms with Crippen LogP contribution in [0.5, 0.6) is 0 Å². The predicted molar refractivity (Wildman–Crippen MR) is 130 cm³/mol. The summed E-state index contributed by atoms with van der Waals surface area (Å²) in [4.78, 5) is 30.3. The van der Waals surface area contributed by atoms with E-state index in [0.717, 1.165) is 12.8 Å². The highest BCUT2D eigenvalue weighted by Gasteiger charge is 2.34. The highest BCUT2D eigenvalue weighted by atomic mass is 35.5. The number of hydrogen-bond donors (Lipinski definition) is 0. The molecule has 0 radical (unpaired) electrons. The van der Waals surface area contributed by atoms with Gasteiger partial charge in [0.1, 0.15) is 5.82 Å². The Balaban J connectivity index is 1.50. The minimum absolute atomic E-state index is 0.0374. The molecular weight excluding hydrogens is 459 g/mol. The first-order valence-corrected chi connectivity index (χ1v) is 12.3. The molecule has 0 N–H and O–H groups in total. The van der Waals surface area contributed by atoms with Gasteiger partial charge in [0.2, 0.25) is 0 Å². The van der Waals surface area contributed by atoms with Crippen LogP contribution in [0.3, 0.4) is 0 Å². The first kappa shape index (κ1) is 23.5. The van der Waals surface area contributed by atoms with Crippen LogP contribution in [0.4, 0.5) is 4.39 Å². The summed E-state index contributed by atoms with van der Waals surface area (Å²) in [5.41, 5.74) is 1.18. The van der Waals surface area contributed by atoms with E-state index in [2.05, 4.69) is 0 Å². The Kier molecular flexibility index (Phi) is 7.46. The fourth-order valence-electron chi connectivity index (χ4n) is 4.53. The molecule has 7 heteroatoms. The largest absolute Gasteiger partial charge is 0.339 e. The number of hydrogen-bond acceptors (Lipinski definition) is 3.